The molecule has 4 rings (SSSR count). The zero-order chi connectivity index (χ0) is 29.4. The lowest BCUT2D eigenvalue weighted by molar-refractivity contribution is -0.138. The number of benzene rings is 2. The van der Waals surface area contributed by atoms with Crippen LogP contribution in [0.2, 0.25) is 0 Å². The van der Waals surface area contributed by atoms with Gasteiger partial charge in [-0.25, -0.2) is 0 Å². The quantitative estimate of drug-likeness (QED) is 0.561. The van der Waals surface area contributed by atoms with Crippen molar-refractivity contribution >= 4 is 29.2 Å². The number of amides is 3. The minimum atomic E-state index is -4.61. The first kappa shape index (κ1) is 29.1. The lowest BCUT2D eigenvalue weighted by Gasteiger charge is -2.29. The third-order valence-electron chi connectivity index (χ3n) is 7.36. The fourth-order valence-corrected chi connectivity index (χ4v) is 5.38. The van der Waals surface area contributed by atoms with Gasteiger partial charge in [-0.2, -0.15) is 13.2 Å². The van der Waals surface area contributed by atoms with Gasteiger partial charge in [0.2, 0.25) is 5.91 Å². The third-order valence-corrected chi connectivity index (χ3v) is 7.36. The van der Waals surface area contributed by atoms with Crippen LogP contribution in [0.5, 0.6) is 0 Å². The summed E-state index contributed by atoms with van der Waals surface area (Å²) in [5, 5.41) is 2.82. The Morgan fingerprint density at radius 1 is 1.02 bits per heavy atom. The van der Waals surface area contributed by atoms with Crippen LogP contribution in [0.25, 0.3) is 0 Å². The minimum Gasteiger partial charge on any atom is -0.378 e. The highest BCUT2D eigenvalue weighted by Gasteiger charge is 2.52. The predicted octanol–water partition coefficient (Wildman–Crippen LogP) is 3.61. The summed E-state index contributed by atoms with van der Waals surface area (Å²) in [4.78, 5) is 57.5. The molecule has 2 saturated heterocycles. The Hall–Kier alpha value is -3.89. The molecule has 2 aliphatic heterocycles. The van der Waals surface area contributed by atoms with E-state index in [1.807, 2.05) is 32.8 Å². The number of alkyl halides is 3. The van der Waals surface area contributed by atoms with Gasteiger partial charge in [0.05, 0.1) is 18.2 Å². The van der Waals surface area contributed by atoms with E-state index in [1.54, 1.807) is 24.3 Å². The van der Waals surface area contributed by atoms with Gasteiger partial charge in [0, 0.05) is 37.5 Å². The number of hydrogen-bond donors (Lipinski definition) is 1. The Morgan fingerprint density at radius 3 is 2.30 bits per heavy atom. The fraction of sp³-hybridized carbons (Fsp3) is 0.448. The predicted molar refractivity (Wildman–Crippen MR) is 143 cm³/mol. The van der Waals surface area contributed by atoms with Gasteiger partial charge in [-0.15, -0.1) is 0 Å². The Bertz CT molecular complexity index is 1290. The molecule has 3 atom stereocenters. The normalized spacial score (nSPS) is 19.6. The molecule has 0 spiro atoms. The van der Waals surface area contributed by atoms with E-state index in [0.717, 1.165) is 23.9 Å². The first-order chi connectivity index (χ1) is 18.8. The maximum atomic E-state index is 13.7. The molecule has 8 nitrogen and oxygen atoms in total. The lowest BCUT2D eigenvalue weighted by Crippen LogP contribution is -2.53. The molecule has 0 saturated carbocycles. The number of likely N-dealkylation sites (tertiary alicyclic amines) is 2. The molecule has 3 amide bonds. The lowest BCUT2D eigenvalue weighted by atomic mass is 10.0. The summed E-state index contributed by atoms with van der Waals surface area (Å²) in [6.07, 6.45) is -3.96. The van der Waals surface area contributed by atoms with Crippen LogP contribution in [0.15, 0.2) is 48.5 Å². The largest absolute Gasteiger partial charge is 0.416 e. The maximum absolute atomic E-state index is 13.7. The summed E-state index contributed by atoms with van der Waals surface area (Å²) in [6.45, 7) is 3.73. The topological polar surface area (TPSA) is 90.0 Å². The molecule has 2 heterocycles. The van der Waals surface area contributed by atoms with Gasteiger partial charge >= 0.3 is 6.18 Å². The van der Waals surface area contributed by atoms with Crippen molar-refractivity contribution in [1.29, 1.82) is 0 Å². The summed E-state index contributed by atoms with van der Waals surface area (Å²) in [7, 11) is 3.77. The van der Waals surface area contributed by atoms with E-state index in [4.69, 9.17) is 0 Å². The number of rotatable bonds is 7. The Balaban J connectivity index is 1.51. The van der Waals surface area contributed by atoms with Crippen LogP contribution >= 0.6 is 0 Å². The van der Waals surface area contributed by atoms with Crippen LogP contribution in [0.3, 0.4) is 0 Å². The van der Waals surface area contributed by atoms with Gasteiger partial charge in [-0.1, -0.05) is 19.9 Å². The number of nitrogens with zero attached hydrogens (tertiary/aromatic N) is 3. The molecule has 1 unspecified atom stereocenters. The number of carbonyl (C=O) groups is 4. The van der Waals surface area contributed by atoms with Gasteiger partial charge < -0.3 is 20.0 Å². The molecule has 0 aromatic heterocycles. The Kier molecular flexibility index (Phi) is 8.23. The van der Waals surface area contributed by atoms with Crippen molar-refractivity contribution in [3.05, 3.63) is 65.2 Å². The number of anilines is 1. The third kappa shape index (κ3) is 5.97. The average Bonchev–Trinajstić information content (AvgIpc) is 3.48. The molecule has 11 heteroatoms. The molecular formula is C29H33F3N4O4. The van der Waals surface area contributed by atoms with Crippen LogP contribution < -0.4 is 10.2 Å². The molecule has 0 radical (unpaired) electrons. The van der Waals surface area contributed by atoms with E-state index in [1.165, 1.54) is 15.9 Å². The van der Waals surface area contributed by atoms with Crippen LogP contribution in [-0.2, 0) is 15.8 Å². The van der Waals surface area contributed by atoms with E-state index >= 15 is 0 Å². The van der Waals surface area contributed by atoms with Crippen LogP contribution in [0.4, 0.5) is 18.9 Å². The van der Waals surface area contributed by atoms with Gasteiger partial charge in [0.25, 0.3) is 11.8 Å². The Morgan fingerprint density at radius 2 is 1.70 bits per heavy atom. The van der Waals surface area contributed by atoms with E-state index in [0.29, 0.717) is 18.4 Å². The highest BCUT2D eigenvalue weighted by molar-refractivity contribution is 6.03. The monoisotopic (exact) mass is 558 g/mol. The number of hydrogen-bond acceptors (Lipinski definition) is 5. The summed E-state index contributed by atoms with van der Waals surface area (Å²) in [5.74, 6) is -1.82. The summed E-state index contributed by atoms with van der Waals surface area (Å²) >= 11 is 0. The molecule has 1 N–H and O–H groups in total. The number of Topliss-reactive ketones (excluding diaryl/α,β-unsaturated/α-hetero) is 1. The molecule has 2 aromatic rings. The van der Waals surface area contributed by atoms with E-state index in [-0.39, 0.29) is 30.4 Å². The van der Waals surface area contributed by atoms with E-state index in [9.17, 15) is 32.3 Å². The van der Waals surface area contributed by atoms with Crippen LogP contribution in [0, 0.1) is 5.92 Å². The second kappa shape index (κ2) is 11.3. The molecule has 0 bridgehead atoms. The smallest absolute Gasteiger partial charge is 0.378 e. The molecule has 214 valence electrons. The first-order valence-electron chi connectivity index (χ1n) is 13.2. The SMILES string of the molecule is CC(C)CC(NC(=O)c1ccc(N(C)C)cc1)C(=O)N1CC[C@@H]2[C@H]1C(=O)CN2C(=O)c1cccc(C(F)(F)F)c1. The van der Waals surface area contributed by atoms with Crippen molar-refractivity contribution in [2.24, 2.45) is 5.92 Å². The average molecular weight is 559 g/mol. The van der Waals surface area contributed by atoms with Crippen molar-refractivity contribution in [1.82, 2.24) is 15.1 Å². The standard InChI is InChI=1S/C29H33F3N4O4/c1-17(2)14-22(33-26(38)18-8-10-21(11-9-18)34(3)4)28(40)35-13-12-23-25(35)24(37)16-36(23)27(39)19-6-5-7-20(15-19)29(30,31)32/h5-11,15,17,22-23,25H,12-14,16H2,1-4H3,(H,33,38)/t22?,23-,25+/m1/s1. The fourth-order valence-electron chi connectivity index (χ4n) is 5.38. The minimum absolute atomic E-state index is 0.0574. The van der Waals surface area contributed by atoms with Gasteiger partial charge in [-0.05, 0) is 61.2 Å². The van der Waals surface area contributed by atoms with Crippen molar-refractivity contribution in [2.45, 2.75) is 51.0 Å². The van der Waals surface area contributed by atoms with E-state index in [2.05, 4.69) is 5.32 Å². The van der Waals surface area contributed by atoms with Gasteiger partial charge in [0.15, 0.2) is 5.78 Å². The zero-order valence-electron chi connectivity index (χ0n) is 22.9. The number of nitrogens with one attached hydrogen (secondary N) is 1. The number of halogens is 3. The molecule has 0 aliphatic carbocycles. The second-order valence-electron chi connectivity index (χ2n) is 10.9. The van der Waals surface area contributed by atoms with Crippen LogP contribution in [0.1, 0.15) is 53.0 Å². The van der Waals surface area contributed by atoms with Crippen molar-refractivity contribution in [3.63, 3.8) is 0 Å². The highest BCUT2D eigenvalue weighted by Crippen LogP contribution is 2.33. The summed E-state index contributed by atoms with van der Waals surface area (Å²) < 4.78 is 39.6. The van der Waals surface area contributed by atoms with Crippen molar-refractivity contribution in [3.8, 4) is 0 Å². The highest BCUT2D eigenvalue weighted by atomic mass is 19.4. The molecular weight excluding hydrogens is 525 g/mol. The molecule has 2 fully saturated rings. The zero-order valence-corrected chi connectivity index (χ0v) is 22.9. The second-order valence-corrected chi connectivity index (χ2v) is 10.9. The Labute approximate surface area is 231 Å². The van der Waals surface area contributed by atoms with Gasteiger partial charge in [0.1, 0.15) is 12.1 Å². The molecule has 2 aliphatic rings. The van der Waals surface area contributed by atoms with Gasteiger partial charge in [-0.3, -0.25) is 19.2 Å². The van der Waals surface area contributed by atoms with Crippen LogP contribution in [-0.4, -0.2) is 78.6 Å². The van der Waals surface area contributed by atoms with Crippen molar-refractivity contribution < 1.29 is 32.3 Å². The number of carbonyl (C=O) groups excluding carboxylic acids is 4. The molecule has 40 heavy (non-hydrogen) atoms. The summed E-state index contributed by atoms with van der Waals surface area (Å²) in [5.41, 5.74) is 0.185. The number of ketones is 1. The molecule has 2 aromatic carbocycles. The first-order valence-corrected chi connectivity index (χ1v) is 13.2. The maximum Gasteiger partial charge on any atom is 0.416 e. The summed E-state index contributed by atoms with van der Waals surface area (Å²) in [6, 6.07) is 8.59. The number of fused-ring (bicyclic) bond motifs is 1. The van der Waals surface area contributed by atoms with Crippen molar-refractivity contribution in [2.75, 3.05) is 32.1 Å². The van der Waals surface area contributed by atoms with E-state index < -0.39 is 47.6 Å².